The largest absolute Gasteiger partial charge is 0.465 e. The van der Waals surface area contributed by atoms with Crippen LogP contribution in [0.4, 0.5) is 0 Å². The van der Waals surface area contributed by atoms with Crippen LogP contribution in [-0.4, -0.2) is 17.6 Å². The molecule has 3 rings (SSSR count). The molecule has 3 heteroatoms. The standard InChI is InChI=1S/C17H15NO2/c1-12-3-7-15(8-4-12)18-10-9-13-5-6-14(11-16(13)18)17(19)20-2/h3-11H,1-2H3. The molecule has 20 heavy (non-hydrogen) atoms. The topological polar surface area (TPSA) is 31.2 Å². The maximum atomic E-state index is 11.6. The molecule has 0 aliphatic heterocycles. The van der Waals surface area contributed by atoms with Crippen molar-refractivity contribution in [3.63, 3.8) is 0 Å². The molecule has 1 heterocycles. The number of rotatable bonds is 2. The maximum Gasteiger partial charge on any atom is 0.337 e. The number of carbonyl (C=O) groups excluding carboxylic acids is 1. The van der Waals surface area contributed by atoms with Gasteiger partial charge in [0.05, 0.1) is 18.2 Å². The van der Waals surface area contributed by atoms with Crippen LogP contribution in [0.5, 0.6) is 0 Å². The van der Waals surface area contributed by atoms with Crippen LogP contribution < -0.4 is 0 Å². The Balaban J connectivity index is 2.16. The molecular formula is C17H15NO2. The summed E-state index contributed by atoms with van der Waals surface area (Å²) in [7, 11) is 1.39. The van der Waals surface area contributed by atoms with E-state index in [1.54, 1.807) is 6.07 Å². The highest BCUT2D eigenvalue weighted by Gasteiger charge is 2.09. The summed E-state index contributed by atoms with van der Waals surface area (Å²) in [6.07, 6.45) is 2.01. The summed E-state index contributed by atoms with van der Waals surface area (Å²) in [5.41, 5.74) is 3.86. The predicted octanol–water partition coefficient (Wildman–Crippen LogP) is 3.73. The van der Waals surface area contributed by atoms with Crippen LogP contribution in [0, 0.1) is 6.92 Å². The van der Waals surface area contributed by atoms with E-state index in [0.29, 0.717) is 5.56 Å². The normalized spacial score (nSPS) is 10.7. The average molecular weight is 265 g/mol. The van der Waals surface area contributed by atoms with Gasteiger partial charge >= 0.3 is 5.97 Å². The molecule has 100 valence electrons. The molecule has 3 aromatic rings. The fraction of sp³-hybridized carbons (Fsp3) is 0.118. The van der Waals surface area contributed by atoms with Gasteiger partial charge in [-0.3, -0.25) is 0 Å². The molecule has 0 saturated carbocycles. The lowest BCUT2D eigenvalue weighted by Gasteiger charge is -2.07. The van der Waals surface area contributed by atoms with Gasteiger partial charge in [0.1, 0.15) is 0 Å². The second-order valence-corrected chi connectivity index (χ2v) is 4.79. The highest BCUT2D eigenvalue weighted by molar-refractivity contribution is 5.95. The zero-order valence-corrected chi connectivity index (χ0v) is 11.5. The molecule has 0 unspecified atom stereocenters. The molecule has 0 radical (unpaired) electrons. The number of ether oxygens (including phenoxy) is 1. The minimum absolute atomic E-state index is 0.316. The Bertz CT molecular complexity index is 769. The summed E-state index contributed by atoms with van der Waals surface area (Å²) in [4.78, 5) is 11.6. The van der Waals surface area contributed by atoms with Crippen LogP contribution in [0.3, 0.4) is 0 Å². The third-order valence-corrected chi connectivity index (χ3v) is 3.43. The van der Waals surface area contributed by atoms with Crippen molar-refractivity contribution in [3.05, 3.63) is 65.9 Å². The van der Waals surface area contributed by atoms with Crippen molar-refractivity contribution >= 4 is 16.9 Å². The van der Waals surface area contributed by atoms with E-state index in [-0.39, 0.29) is 5.97 Å². The van der Waals surface area contributed by atoms with Crippen molar-refractivity contribution in [2.75, 3.05) is 7.11 Å². The van der Waals surface area contributed by atoms with E-state index in [0.717, 1.165) is 16.6 Å². The molecule has 0 aliphatic carbocycles. The van der Waals surface area contributed by atoms with Crippen LogP contribution in [0.25, 0.3) is 16.6 Å². The molecule has 2 aromatic carbocycles. The van der Waals surface area contributed by atoms with Gasteiger partial charge in [0.25, 0.3) is 0 Å². The van der Waals surface area contributed by atoms with Gasteiger partial charge in [-0.2, -0.15) is 0 Å². The molecule has 0 aliphatic rings. The number of hydrogen-bond acceptors (Lipinski definition) is 2. The molecule has 0 amide bonds. The van der Waals surface area contributed by atoms with E-state index >= 15 is 0 Å². The van der Waals surface area contributed by atoms with Crippen LogP contribution >= 0.6 is 0 Å². The fourth-order valence-corrected chi connectivity index (χ4v) is 2.30. The van der Waals surface area contributed by atoms with Gasteiger partial charge in [-0.25, -0.2) is 4.79 Å². The first-order valence-corrected chi connectivity index (χ1v) is 6.45. The molecule has 0 N–H and O–H groups in total. The smallest absolute Gasteiger partial charge is 0.337 e. The Kier molecular flexibility index (Phi) is 3.03. The third-order valence-electron chi connectivity index (χ3n) is 3.43. The van der Waals surface area contributed by atoms with E-state index < -0.39 is 0 Å². The van der Waals surface area contributed by atoms with Crippen molar-refractivity contribution in [1.82, 2.24) is 4.57 Å². The van der Waals surface area contributed by atoms with E-state index in [1.807, 2.05) is 24.4 Å². The highest BCUT2D eigenvalue weighted by atomic mass is 16.5. The highest BCUT2D eigenvalue weighted by Crippen LogP contribution is 2.22. The number of hydrogen-bond donors (Lipinski definition) is 0. The van der Waals surface area contributed by atoms with Crippen LogP contribution in [0.15, 0.2) is 54.7 Å². The quantitative estimate of drug-likeness (QED) is 0.661. The lowest BCUT2D eigenvalue weighted by atomic mass is 10.1. The van der Waals surface area contributed by atoms with Crippen molar-refractivity contribution in [3.8, 4) is 5.69 Å². The predicted molar refractivity (Wildman–Crippen MR) is 79.4 cm³/mol. The van der Waals surface area contributed by atoms with Crippen LogP contribution in [0.1, 0.15) is 15.9 Å². The molecule has 0 spiro atoms. The van der Waals surface area contributed by atoms with Gasteiger partial charge in [0.15, 0.2) is 0 Å². The first-order chi connectivity index (χ1) is 9.69. The number of benzene rings is 2. The second-order valence-electron chi connectivity index (χ2n) is 4.79. The molecule has 0 atom stereocenters. The van der Waals surface area contributed by atoms with Gasteiger partial charge in [0, 0.05) is 11.9 Å². The molecule has 0 saturated heterocycles. The summed E-state index contributed by atoms with van der Waals surface area (Å²) >= 11 is 0. The molecular weight excluding hydrogens is 250 g/mol. The second kappa shape index (κ2) is 4.85. The van der Waals surface area contributed by atoms with Crippen molar-refractivity contribution < 1.29 is 9.53 Å². The van der Waals surface area contributed by atoms with E-state index in [9.17, 15) is 4.79 Å². The Hall–Kier alpha value is -2.55. The van der Waals surface area contributed by atoms with Gasteiger partial charge in [0.2, 0.25) is 0 Å². The van der Waals surface area contributed by atoms with Crippen LogP contribution in [0.2, 0.25) is 0 Å². The number of esters is 1. The van der Waals surface area contributed by atoms with Crippen molar-refractivity contribution in [2.24, 2.45) is 0 Å². The van der Waals surface area contributed by atoms with Gasteiger partial charge < -0.3 is 9.30 Å². The number of fused-ring (bicyclic) bond motifs is 1. The first kappa shape index (κ1) is 12.5. The molecule has 1 aromatic heterocycles. The van der Waals surface area contributed by atoms with Gasteiger partial charge in [-0.15, -0.1) is 0 Å². The van der Waals surface area contributed by atoms with E-state index in [4.69, 9.17) is 4.74 Å². The SMILES string of the molecule is COC(=O)c1ccc2ccn(-c3ccc(C)cc3)c2c1. The lowest BCUT2D eigenvalue weighted by molar-refractivity contribution is 0.0601. The minimum Gasteiger partial charge on any atom is -0.465 e. The maximum absolute atomic E-state index is 11.6. The molecule has 0 bridgehead atoms. The minimum atomic E-state index is -0.316. The number of methoxy groups -OCH3 is 1. The summed E-state index contributed by atoms with van der Waals surface area (Å²) in [6.45, 7) is 2.06. The van der Waals surface area contributed by atoms with Crippen molar-refractivity contribution in [1.29, 1.82) is 0 Å². The zero-order chi connectivity index (χ0) is 14.1. The zero-order valence-electron chi connectivity index (χ0n) is 11.5. The number of carbonyl (C=O) groups is 1. The number of aromatic nitrogens is 1. The summed E-state index contributed by atoms with van der Waals surface area (Å²) < 4.78 is 6.85. The van der Waals surface area contributed by atoms with Crippen LogP contribution in [-0.2, 0) is 4.74 Å². The van der Waals surface area contributed by atoms with Gasteiger partial charge in [-0.1, -0.05) is 23.8 Å². The summed E-state index contributed by atoms with van der Waals surface area (Å²) in [5, 5.41) is 1.10. The Labute approximate surface area is 117 Å². The van der Waals surface area contributed by atoms with Crippen molar-refractivity contribution in [2.45, 2.75) is 6.92 Å². The third kappa shape index (κ3) is 2.07. The van der Waals surface area contributed by atoms with Gasteiger partial charge in [-0.05, 0) is 42.6 Å². The Morgan fingerprint density at radius 1 is 1.05 bits per heavy atom. The average Bonchev–Trinajstić information content (AvgIpc) is 2.90. The fourth-order valence-electron chi connectivity index (χ4n) is 2.30. The summed E-state index contributed by atoms with van der Waals surface area (Å²) in [6, 6.07) is 15.9. The van der Waals surface area contributed by atoms with E-state index in [2.05, 4.69) is 35.8 Å². The monoisotopic (exact) mass is 265 g/mol. The molecule has 0 fully saturated rings. The summed E-state index contributed by atoms with van der Waals surface area (Å²) in [5.74, 6) is -0.316. The van der Waals surface area contributed by atoms with E-state index in [1.165, 1.54) is 12.7 Å². The first-order valence-electron chi connectivity index (χ1n) is 6.45. The number of nitrogens with zero attached hydrogens (tertiary/aromatic N) is 1. The Morgan fingerprint density at radius 3 is 2.50 bits per heavy atom. The number of aryl methyl sites for hydroxylation is 1. The molecule has 3 nitrogen and oxygen atoms in total. The lowest BCUT2D eigenvalue weighted by Crippen LogP contribution is -2.01. The Morgan fingerprint density at radius 2 is 1.80 bits per heavy atom.